The van der Waals surface area contributed by atoms with E-state index in [2.05, 4.69) is 16.0 Å². The Bertz CT molecular complexity index is 478. The molecule has 0 unspecified atom stereocenters. The molecule has 0 saturated carbocycles. The van der Waals surface area contributed by atoms with Crippen molar-refractivity contribution in [2.45, 2.75) is 37.6 Å². The summed E-state index contributed by atoms with van der Waals surface area (Å²) in [5.74, 6) is 0.513. The molecule has 0 aliphatic carbocycles. The van der Waals surface area contributed by atoms with Gasteiger partial charge in [-0.05, 0) is 24.5 Å². The highest BCUT2D eigenvalue weighted by atomic mass is 16.5. The van der Waals surface area contributed by atoms with Crippen molar-refractivity contribution in [3.8, 4) is 0 Å². The molecule has 1 aromatic heterocycles. The number of hydrogen-bond donors (Lipinski definition) is 0. The largest absolute Gasteiger partial charge is 0.381 e. The Hall–Kier alpha value is -1.01. The molecule has 1 aromatic rings. The molecule has 3 atom stereocenters. The van der Waals surface area contributed by atoms with E-state index in [1.165, 1.54) is 0 Å². The van der Waals surface area contributed by atoms with E-state index in [9.17, 15) is 0 Å². The summed E-state index contributed by atoms with van der Waals surface area (Å²) >= 11 is 0. The molecule has 4 heterocycles. The molecule has 0 aromatic carbocycles. The number of ether oxygens (including phenoxy) is 3. The van der Waals surface area contributed by atoms with Gasteiger partial charge in [-0.2, -0.15) is 0 Å². The zero-order valence-electron chi connectivity index (χ0n) is 12.9. The van der Waals surface area contributed by atoms with Crippen LogP contribution in [-0.4, -0.2) is 61.0 Å². The maximum Gasteiger partial charge on any atom is 0.0772 e. The van der Waals surface area contributed by atoms with E-state index in [-0.39, 0.29) is 6.10 Å². The Morgan fingerprint density at radius 2 is 2.14 bits per heavy atom. The van der Waals surface area contributed by atoms with Crippen LogP contribution in [0.1, 0.15) is 18.4 Å². The van der Waals surface area contributed by atoms with Gasteiger partial charge >= 0.3 is 0 Å². The second-order valence-electron chi connectivity index (χ2n) is 6.52. The van der Waals surface area contributed by atoms with Gasteiger partial charge in [0.2, 0.25) is 0 Å². The fourth-order valence-electron chi connectivity index (χ4n) is 4.03. The lowest BCUT2D eigenvalue weighted by atomic mass is 10.0. The Morgan fingerprint density at radius 3 is 2.95 bits per heavy atom. The first kappa shape index (κ1) is 14.6. The quantitative estimate of drug-likeness (QED) is 0.843. The summed E-state index contributed by atoms with van der Waals surface area (Å²) in [7, 11) is 0. The van der Waals surface area contributed by atoms with Crippen LogP contribution in [-0.2, 0) is 20.8 Å². The molecule has 3 aliphatic heterocycles. The SMILES string of the molecule is c1cncc(CO[C@H]2CN(C3CCOCC3)[C@@H]3COC[C@H]23)c1. The average Bonchev–Trinajstić information content (AvgIpc) is 3.17. The first-order valence-corrected chi connectivity index (χ1v) is 8.33. The van der Waals surface area contributed by atoms with Crippen molar-refractivity contribution in [2.24, 2.45) is 5.92 Å². The first-order chi connectivity index (χ1) is 10.9. The minimum absolute atomic E-state index is 0.274. The molecule has 0 amide bonds. The van der Waals surface area contributed by atoms with E-state index in [1.807, 2.05) is 12.3 Å². The standard InChI is InChI=1S/C17H24N2O3/c1-2-13(8-18-5-1)10-22-17-9-19(14-3-6-20-7-4-14)16-12-21-11-15(16)17/h1-2,5,8,14-17H,3-4,6-7,9-12H2/t15-,16+,17-/m0/s1. The summed E-state index contributed by atoms with van der Waals surface area (Å²) < 4.78 is 17.5. The molecule has 4 rings (SSSR count). The van der Waals surface area contributed by atoms with Gasteiger partial charge in [-0.1, -0.05) is 6.07 Å². The second kappa shape index (κ2) is 6.62. The van der Waals surface area contributed by atoms with Crippen molar-refractivity contribution < 1.29 is 14.2 Å². The van der Waals surface area contributed by atoms with Gasteiger partial charge in [0.05, 0.1) is 25.9 Å². The molecular formula is C17H24N2O3. The molecule has 3 aliphatic rings. The summed E-state index contributed by atoms with van der Waals surface area (Å²) in [5.41, 5.74) is 1.14. The van der Waals surface area contributed by atoms with Crippen molar-refractivity contribution in [3.05, 3.63) is 30.1 Å². The highest BCUT2D eigenvalue weighted by Gasteiger charge is 2.48. The minimum Gasteiger partial charge on any atom is -0.381 e. The zero-order valence-corrected chi connectivity index (χ0v) is 12.9. The van der Waals surface area contributed by atoms with E-state index in [0.29, 0.717) is 24.6 Å². The van der Waals surface area contributed by atoms with E-state index >= 15 is 0 Å². The average molecular weight is 304 g/mol. The third kappa shape index (κ3) is 2.91. The number of aromatic nitrogens is 1. The number of fused-ring (bicyclic) bond motifs is 1. The molecule has 0 bridgehead atoms. The molecule has 0 spiro atoms. The van der Waals surface area contributed by atoms with Gasteiger partial charge in [0.25, 0.3) is 0 Å². The van der Waals surface area contributed by atoms with E-state index < -0.39 is 0 Å². The summed E-state index contributed by atoms with van der Waals surface area (Å²) in [6.07, 6.45) is 6.23. The van der Waals surface area contributed by atoms with Crippen LogP contribution in [0.2, 0.25) is 0 Å². The number of nitrogens with zero attached hydrogens (tertiary/aromatic N) is 2. The fourth-order valence-corrected chi connectivity index (χ4v) is 4.03. The second-order valence-corrected chi connectivity index (χ2v) is 6.52. The van der Waals surface area contributed by atoms with Crippen LogP contribution >= 0.6 is 0 Å². The highest BCUT2D eigenvalue weighted by molar-refractivity contribution is 5.07. The molecule has 5 heteroatoms. The van der Waals surface area contributed by atoms with Gasteiger partial charge in [-0.3, -0.25) is 9.88 Å². The molecule has 0 radical (unpaired) electrons. The fraction of sp³-hybridized carbons (Fsp3) is 0.706. The topological polar surface area (TPSA) is 43.8 Å². The van der Waals surface area contributed by atoms with Gasteiger partial charge in [-0.25, -0.2) is 0 Å². The van der Waals surface area contributed by atoms with Crippen LogP contribution in [0.4, 0.5) is 0 Å². The van der Waals surface area contributed by atoms with Crippen LogP contribution in [0.3, 0.4) is 0 Å². The monoisotopic (exact) mass is 304 g/mol. The Kier molecular flexibility index (Phi) is 4.39. The molecular weight excluding hydrogens is 280 g/mol. The smallest absolute Gasteiger partial charge is 0.0772 e. The Morgan fingerprint density at radius 1 is 1.23 bits per heavy atom. The van der Waals surface area contributed by atoms with Crippen LogP contribution in [0.25, 0.3) is 0 Å². The summed E-state index contributed by atoms with van der Waals surface area (Å²) in [5, 5.41) is 0. The maximum absolute atomic E-state index is 6.23. The van der Waals surface area contributed by atoms with E-state index in [4.69, 9.17) is 14.2 Å². The van der Waals surface area contributed by atoms with Crippen molar-refractivity contribution >= 4 is 0 Å². The van der Waals surface area contributed by atoms with Crippen molar-refractivity contribution in [3.63, 3.8) is 0 Å². The molecule has 3 fully saturated rings. The van der Waals surface area contributed by atoms with Crippen LogP contribution in [0, 0.1) is 5.92 Å². The van der Waals surface area contributed by atoms with Crippen molar-refractivity contribution in [1.82, 2.24) is 9.88 Å². The van der Waals surface area contributed by atoms with E-state index in [1.54, 1.807) is 6.20 Å². The van der Waals surface area contributed by atoms with E-state index in [0.717, 1.165) is 51.4 Å². The van der Waals surface area contributed by atoms with Gasteiger partial charge in [-0.15, -0.1) is 0 Å². The minimum atomic E-state index is 0.274. The predicted molar refractivity (Wildman–Crippen MR) is 81.5 cm³/mol. The van der Waals surface area contributed by atoms with Gasteiger partial charge in [0.15, 0.2) is 0 Å². The molecule has 22 heavy (non-hydrogen) atoms. The number of hydrogen-bond acceptors (Lipinski definition) is 5. The number of rotatable bonds is 4. The number of likely N-dealkylation sites (tertiary alicyclic amines) is 1. The Balaban J connectivity index is 1.40. The van der Waals surface area contributed by atoms with Crippen molar-refractivity contribution in [2.75, 3.05) is 33.0 Å². The third-order valence-electron chi connectivity index (χ3n) is 5.23. The lowest BCUT2D eigenvalue weighted by molar-refractivity contribution is -0.00605. The molecule has 5 nitrogen and oxygen atoms in total. The van der Waals surface area contributed by atoms with Crippen LogP contribution in [0.5, 0.6) is 0 Å². The number of pyridine rings is 1. The highest BCUT2D eigenvalue weighted by Crippen LogP contribution is 2.35. The third-order valence-corrected chi connectivity index (χ3v) is 5.23. The van der Waals surface area contributed by atoms with Gasteiger partial charge in [0, 0.05) is 50.2 Å². The summed E-state index contributed by atoms with van der Waals surface area (Å²) in [4.78, 5) is 6.79. The van der Waals surface area contributed by atoms with Gasteiger partial charge in [0.1, 0.15) is 0 Å². The van der Waals surface area contributed by atoms with Crippen LogP contribution < -0.4 is 0 Å². The molecule has 3 saturated heterocycles. The lowest BCUT2D eigenvalue weighted by Gasteiger charge is -2.34. The summed E-state index contributed by atoms with van der Waals surface area (Å²) in [6, 6.07) is 5.20. The zero-order chi connectivity index (χ0) is 14.8. The van der Waals surface area contributed by atoms with Gasteiger partial charge < -0.3 is 14.2 Å². The molecule has 120 valence electrons. The summed E-state index contributed by atoms with van der Waals surface area (Å²) in [6.45, 7) is 5.14. The van der Waals surface area contributed by atoms with Crippen LogP contribution in [0.15, 0.2) is 24.5 Å². The first-order valence-electron chi connectivity index (χ1n) is 8.33. The molecule has 0 N–H and O–H groups in total. The normalized spacial score (nSPS) is 33.2. The maximum atomic E-state index is 6.23. The van der Waals surface area contributed by atoms with Crippen molar-refractivity contribution in [1.29, 1.82) is 0 Å². The predicted octanol–water partition coefficient (Wildman–Crippen LogP) is 1.48. The lowest BCUT2D eigenvalue weighted by Crippen LogP contribution is -2.44. The Labute approximate surface area is 131 Å².